The fourth-order valence-electron chi connectivity index (χ4n) is 2.90. The predicted octanol–water partition coefficient (Wildman–Crippen LogP) is 2.38. The van der Waals surface area contributed by atoms with E-state index in [1.54, 1.807) is 31.2 Å². The van der Waals surface area contributed by atoms with Crippen molar-refractivity contribution in [3.8, 4) is 5.75 Å². The van der Waals surface area contributed by atoms with Crippen molar-refractivity contribution in [3.63, 3.8) is 0 Å². The Kier molecular flexibility index (Phi) is 6.74. The number of hydrogen-bond acceptors (Lipinski definition) is 7. The van der Waals surface area contributed by atoms with Gasteiger partial charge in [0.15, 0.2) is 6.61 Å². The summed E-state index contributed by atoms with van der Waals surface area (Å²) in [4.78, 5) is 36.7. The summed E-state index contributed by atoms with van der Waals surface area (Å²) in [6, 6.07) is 9.07. The second-order valence-corrected chi connectivity index (χ2v) is 6.37. The van der Waals surface area contributed by atoms with Crippen LogP contribution in [-0.4, -0.2) is 37.8 Å². The molecule has 2 N–H and O–H groups in total. The van der Waals surface area contributed by atoms with Gasteiger partial charge in [0.05, 0.1) is 24.1 Å². The highest BCUT2D eigenvalue weighted by molar-refractivity contribution is 5.95. The molecule has 2 aromatic rings. The molecule has 0 fully saturated rings. The lowest BCUT2D eigenvalue weighted by molar-refractivity contribution is -0.145. The standard InChI is InChI=1S/C21H22N2O7/c1-3-27-20(25)18-14(22-21(26)23-19(18)16-9-6-10-28-16)11-30-17(24)12-29-15-8-5-4-7-13(15)2/h4-10,19H,3,11-12H2,1-2H3,(H2,22,23,26). The summed E-state index contributed by atoms with van der Waals surface area (Å²) in [5.74, 6) is -0.404. The molecule has 1 aliphatic rings. The van der Waals surface area contributed by atoms with Crippen molar-refractivity contribution in [3.05, 3.63) is 65.3 Å². The number of para-hydroxylation sites is 1. The summed E-state index contributed by atoms with van der Waals surface area (Å²) in [7, 11) is 0. The lowest BCUT2D eigenvalue weighted by atomic mass is 10.0. The molecule has 0 saturated heterocycles. The van der Waals surface area contributed by atoms with E-state index in [4.69, 9.17) is 18.6 Å². The fraction of sp³-hybridized carbons (Fsp3) is 0.286. The van der Waals surface area contributed by atoms with E-state index in [-0.39, 0.29) is 31.1 Å². The Labute approximate surface area is 173 Å². The molecule has 1 aromatic carbocycles. The molecule has 1 unspecified atom stereocenters. The van der Waals surface area contributed by atoms with Gasteiger partial charge in [0.1, 0.15) is 24.2 Å². The lowest BCUT2D eigenvalue weighted by Gasteiger charge is -2.27. The van der Waals surface area contributed by atoms with Crippen LogP contribution in [0.2, 0.25) is 0 Å². The maximum Gasteiger partial charge on any atom is 0.344 e. The molecule has 9 nitrogen and oxygen atoms in total. The minimum atomic E-state index is -0.871. The summed E-state index contributed by atoms with van der Waals surface area (Å²) in [6.45, 7) is 3.00. The number of hydrogen-bond donors (Lipinski definition) is 2. The molecule has 3 rings (SSSR count). The van der Waals surface area contributed by atoms with Crippen molar-refractivity contribution < 1.29 is 33.0 Å². The zero-order valence-corrected chi connectivity index (χ0v) is 16.6. The van der Waals surface area contributed by atoms with Crippen molar-refractivity contribution >= 4 is 18.0 Å². The number of rotatable bonds is 8. The third-order valence-electron chi connectivity index (χ3n) is 4.29. The van der Waals surface area contributed by atoms with Gasteiger partial charge in [-0.2, -0.15) is 0 Å². The molecule has 0 saturated carbocycles. The van der Waals surface area contributed by atoms with Crippen LogP contribution in [0.5, 0.6) is 5.75 Å². The number of aryl methyl sites for hydroxylation is 1. The Hall–Kier alpha value is -3.75. The molecule has 1 atom stereocenters. The highest BCUT2D eigenvalue weighted by Crippen LogP contribution is 2.28. The van der Waals surface area contributed by atoms with Crippen LogP contribution in [0.1, 0.15) is 24.3 Å². The second kappa shape index (κ2) is 9.64. The van der Waals surface area contributed by atoms with Gasteiger partial charge in [-0.25, -0.2) is 14.4 Å². The fourth-order valence-corrected chi connectivity index (χ4v) is 2.90. The van der Waals surface area contributed by atoms with E-state index in [0.29, 0.717) is 11.5 Å². The molecular weight excluding hydrogens is 392 g/mol. The largest absolute Gasteiger partial charge is 0.482 e. The van der Waals surface area contributed by atoms with Crippen LogP contribution in [0.3, 0.4) is 0 Å². The second-order valence-electron chi connectivity index (χ2n) is 6.37. The first kappa shape index (κ1) is 21.0. The highest BCUT2D eigenvalue weighted by Gasteiger charge is 2.35. The van der Waals surface area contributed by atoms with Gasteiger partial charge in [0.2, 0.25) is 0 Å². The number of benzene rings is 1. The zero-order chi connectivity index (χ0) is 21.5. The Morgan fingerprint density at radius 2 is 1.93 bits per heavy atom. The smallest absolute Gasteiger partial charge is 0.344 e. The first-order valence-corrected chi connectivity index (χ1v) is 9.34. The summed E-state index contributed by atoms with van der Waals surface area (Å²) in [5, 5.41) is 5.12. The number of urea groups is 1. The van der Waals surface area contributed by atoms with Gasteiger partial charge in [0, 0.05) is 0 Å². The first-order chi connectivity index (χ1) is 14.5. The molecule has 0 radical (unpaired) electrons. The molecular formula is C21H22N2O7. The molecule has 2 heterocycles. The molecule has 30 heavy (non-hydrogen) atoms. The van der Waals surface area contributed by atoms with Crippen molar-refractivity contribution in [2.45, 2.75) is 19.9 Å². The van der Waals surface area contributed by atoms with Gasteiger partial charge in [-0.15, -0.1) is 0 Å². The first-order valence-electron chi connectivity index (χ1n) is 9.34. The van der Waals surface area contributed by atoms with Gasteiger partial charge in [0.25, 0.3) is 0 Å². The Morgan fingerprint density at radius 1 is 1.13 bits per heavy atom. The summed E-state index contributed by atoms with van der Waals surface area (Å²) < 4.78 is 21.1. The van der Waals surface area contributed by atoms with Gasteiger partial charge in [-0.3, -0.25) is 0 Å². The highest BCUT2D eigenvalue weighted by atomic mass is 16.6. The molecule has 0 bridgehead atoms. The van der Waals surface area contributed by atoms with Crippen LogP contribution >= 0.6 is 0 Å². The quantitative estimate of drug-likeness (QED) is 0.637. The van der Waals surface area contributed by atoms with Crippen LogP contribution in [0.25, 0.3) is 0 Å². The molecule has 2 amide bonds. The van der Waals surface area contributed by atoms with Crippen molar-refractivity contribution in [1.82, 2.24) is 10.6 Å². The SMILES string of the molecule is CCOC(=O)C1=C(COC(=O)COc2ccccc2C)NC(=O)NC1c1ccco1. The monoisotopic (exact) mass is 414 g/mol. The van der Waals surface area contributed by atoms with Crippen LogP contribution in [0.4, 0.5) is 4.79 Å². The van der Waals surface area contributed by atoms with E-state index < -0.39 is 24.0 Å². The van der Waals surface area contributed by atoms with Gasteiger partial charge >= 0.3 is 18.0 Å². The van der Waals surface area contributed by atoms with Crippen LogP contribution < -0.4 is 15.4 Å². The summed E-state index contributed by atoms with van der Waals surface area (Å²) in [5.41, 5.74) is 1.09. The number of esters is 2. The van der Waals surface area contributed by atoms with E-state index in [1.807, 2.05) is 19.1 Å². The van der Waals surface area contributed by atoms with Crippen LogP contribution in [0.15, 0.2) is 58.3 Å². The van der Waals surface area contributed by atoms with E-state index in [1.165, 1.54) is 6.26 Å². The lowest BCUT2D eigenvalue weighted by Crippen LogP contribution is -2.47. The Morgan fingerprint density at radius 3 is 2.63 bits per heavy atom. The number of amides is 2. The molecule has 158 valence electrons. The molecule has 1 aromatic heterocycles. The van der Waals surface area contributed by atoms with Crippen LogP contribution in [0, 0.1) is 6.92 Å². The minimum absolute atomic E-state index is 0.0963. The maximum atomic E-state index is 12.5. The average molecular weight is 414 g/mol. The van der Waals surface area contributed by atoms with Crippen molar-refractivity contribution in [2.75, 3.05) is 19.8 Å². The van der Waals surface area contributed by atoms with E-state index in [9.17, 15) is 14.4 Å². The van der Waals surface area contributed by atoms with Crippen molar-refractivity contribution in [1.29, 1.82) is 0 Å². The number of furan rings is 1. The normalized spacial score (nSPS) is 15.8. The molecule has 1 aliphatic heterocycles. The van der Waals surface area contributed by atoms with Crippen LogP contribution in [-0.2, 0) is 19.1 Å². The van der Waals surface area contributed by atoms with E-state index in [2.05, 4.69) is 10.6 Å². The Bertz CT molecular complexity index is 950. The molecule has 9 heteroatoms. The number of nitrogens with one attached hydrogen (secondary N) is 2. The summed E-state index contributed by atoms with van der Waals surface area (Å²) >= 11 is 0. The third kappa shape index (κ3) is 4.99. The zero-order valence-electron chi connectivity index (χ0n) is 16.6. The van der Waals surface area contributed by atoms with Gasteiger partial charge in [-0.1, -0.05) is 18.2 Å². The Balaban J connectivity index is 1.73. The predicted molar refractivity (Wildman–Crippen MR) is 104 cm³/mol. The van der Waals surface area contributed by atoms with Crippen molar-refractivity contribution in [2.24, 2.45) is 0 Å². The van der Waals surface area contributed by atoms with Gasteiger partial charge < -0.3 is 29.3 Å². The van der Waals surface area contributed by atoms with Gasteiger partial charge in [-0.05, 0) is 37.6 Å². The maximum absolute atomic E-state index is 12.5. The minimum Gasteiger partial charge on any atom is -0.482 e. The average Bonchev–Trinajstić information content (AvgIpc) is 3.26. The van der Waals surface area contributed by atoms with E-state index >= 15 is 0 Å². The van der Waals surface area contributed by atoms with E-state index in [0.717, 1.165) is 5.56 Å². The number of carbonyl (C=O) groups excluding carboxylic acids is 3. The summed E-state index contributed by atoms with van der Waals surface area (Å²) in [6.07, 6.45) is 1.43. The topological polar surface area (TPSA) is 116 Å². The third-order valence-corrected chi connectivity index (χ3v) is 4.29. The molecule has 0 spiro atoms. The number of carbonyl (C=O) groups is 3. The molecule has 0 aliphatic carbocycles. The number of ether oxygens (including phenoxy) is 3.